The van der Waals surface area contributed by atoms with Crippen molar-refractivity contribution in [3.63, 3.8) is 0 Å². The SMILES string of the molecule is CC(O)C(C)(C)NC(=O)c1ccc(OC(F)(F)F)cc1. The Morgan fingerprint density at radius 3 is 2.15 bits per heavy atom. The van der Waals surface area contributed by atoms with Gasteiger partial charge in [-0.05, 0) is 45.0 Å². The van der Waals surface area contributed by atoms with Gasteiger partial charge >= 0.3 is 6.36 Å². The number of alkyl halides is 3. The van der Waals surface area contributed by atoms with Gasteiger partial charge in [0.05, 0.1) is 11.6 Å². The number of hydrogen-bond acceptors (Lipinski definition) is 3. The topological polar surface area (TPSA) is 58.6 Å². The summed E-state index contributed by atoms with van der Waals surface area (Å²) in [5.74, 6) is -0.890. The first-order valence-corrected chi connectivity index (χ1v) is 5.87. The van der Waals surface area contributed by atoms with E-state index in [1.54, 1.807) is 13.8 Å². The normalized spacial score (nSPS) is 13.8. The van der Waals surface area contributed by atoms with Crippen LogP contribution in [0.3, 0.4) is 0 Å². The lowest BCUT2D eigenvalue weighted by atomic mass is 9.98. The van der Waals surface area contributed by atoms with Crippen molar-refractivity contribution < 1.29 is 27.8 Å². The Labute approximate surface area is 114 Å². The number of aliphatic hydroxyl groups is 1. The maximum atomic E-state index is 12.0. The first kappa shape index (κ1) is 16.3. The van der Waals surface area contributed by atoms with Gasteiger partial charge in [0, 0.05) is 5.56 Å². The van der Waals surface area contributed by atoms with E-state index < -0.39 is 29.7 Å². The highest BCUT2D eigenvalue weighted by Crippen LogP contribution is 2.23. The van der Waals surface area contributed by atoms with Crippen molar-refractivity contribution >= 4 is 5.91 Å². The standard InChI is InChI=1S/C13H16F3NO3/c1-8(18)12(2,3)17-11(19)9-4-6-10(7-5-9)20-13(14,15)16/h4-8,18H,1-3H3,(H,17,19). The molecule has 0 aliphatic rings. The third-order valence-corrected chi connectivity index (χ3v) is 2.83. The first-order chi connectivity index (χ1) is 9.01. The van der Waals surface area contributed by atoms with E-state index in [0.29, 0.717) is 0 Å². The predicted molar refractivity (Wildman–Crippen MR) is 66.4 cm³/mol. The van der Waals surface area contributed by atoms with Crippen molar-refractivity contribution in [1.29, 1.82) is 0 Å². The van der Waals surface area contributed by atoms with E-state index in [4.69, 9.17) is 0 Å². The van der Waals surface area contributed by atoms with Gasteiger partial charge in [-0.15, -0.1) is 13.2 Å². The number of rotatable bonds is 4. The van der Waals surface area contributed by atoms with E-state index >= 15 is 0 Å². The van der Waals surface area contributed by atoms with Gasteiger partial charge in [-0.25, -0.2) is 0 Å². The minimum Gasteiger partial charge on any atom is -0.406 e. The van der Waals surface area contributed by atoms with Gasteiger partial charge in [0.15, 0.2) is 0 Å². The van der Waals surface area contributed by atoms with Crippen molar-refractivity contribution in [3.8, 4) is 5.75 Å². The lowest BCUT2D eigenvalue weighted by Gasteiger charge is -2.29. The second-order valence-electron chi connectivity index (χ2n) is 4.92. The van der Waals surface area contributed by atoms with Gasteiger partial charge in [-0.2, -0.15) is 0 Å². The van der Waals surface area contributed by atoms with Crippen LogP contribution in [0.25, 0.3) is 0 Å². The maximum absolute atomic E-state index is 12.0. The number of amides is 1. The minimum absolute atomic E-state index is 0.174. The van der Waals surface area contributed by atoms with Crippen LogP contribution in [-0.2, 0) is 0 Å². The molecule has 0 radical (unpaired) electrons. The zero-order valence-electron chi connectivity index (χ0n) is 11.3. The molecule has 0 heterocycles. The molecule has 7 heteroatoms. The Hall–Kier alpha value is -1.76. The Balaban J connectivity index is 2.76. The van der Waals surface area contributed by atoms with Gasteiger partial charge in [-0.3, -0.25) is 4.79 Å². The molecule has 0 aromatic heterocycles. The van der Waals surface area contributed by atoms with E-state index in [-0.39, 0.29) is 5.56 Å². The number of halogens is 3. The van der Waals surface area contributed by atoms with E-state index in [2.05, 4.69) is 10.1 Å². The van der Waals surface area contributed by atoms with Crippen LogP contribution in [0.2, 0.25) is 0 Å². The molecule has 1 aromatic carbocycles. The van der Waals surface area contributed by atoms with Crippen LogP contribution in [0, 0.1) is 0 Å². The van der Waals surface area contributed by atoms with Gasteiger partial charge in [0.1, 0.15) is 5.75 Å². The van der Waals surface area contributed by atoms with Crippen molar-refractivity contribution in [1.82, 2.24) is 5.32 Å². The molecule has 1 unspecified atom stereocenters. The van der Waals surface area contributed by atoms with E-state index in [1.165, 1.54) is 19.1 Å². The molecule has 112 valence electrons. The highest BCUT2D eigenvalue weighted by atomic mass is 19.4. The summed E-state index contributed by atoms with van der Waals surface area (Å²) in [6.45, 7) is 4.80. The second kappa shape index (κ2) is 5.70. The second-order valence-corrected chi connectivity index (χ2v) is 4.92. The smallest absolute Gasteiger partial charge is 0.406 e. The van der Waals surface area contributed by atoms with E-state index in [9.17, 15) is 23.1 Å². The fourth-order valence-corrected chi connectivity index (χ4v) is 1.28. The van der Waals surface area contributed by atoms with Gasteiger partial charge in [0.25, 0.3) is 5.91 Å². The number of ether oxygens (including phenoxy) is 1. The van der Waals surface area contributed by atoms with Gasteiger partial charge in [0.2, 0.25) is 0 Å². The molecule has 0 spiro atoms. The van der Waals surface area contributed by atoms with Crippen molar-refractivity contribution in [2.75, 3.05) is 0 Å². The number of aliphatic hydroxyl groups excluding tert-OH is 1. The summed E-state index contributed by atoms with van der Waals surface area (Å²) >= 11 is 0. The average molecular weight is 291 g/mol. The third-order valence-electron chi connectivity index (χ3n) is 2.83. The quantitative estimate of drug-likeness (QED) is 0.896. The molecule has 0 fully saturated rings. The third kappa shape index (κ3) is 4.73. The fourth-order valence-electron chi connectivity index (χ4n) is 1.28. The van der Waals surface area contributed by atoms with E-state index in [1.807, 2.05) is 0 Å². The molecule has 0 saturated carbocycles. The molecule has 0 bridgehead atoms. The summed E-state index contributed by atoms with van der Waals surface area (Å²) in [7, 11) is 0. The molecule has 0 aliphatic heterocycles. The van der Waals surface area contributed by atoms with Crippen LogP contribution >= 0.6 is 0 Å². The highest BCUT2D eigenvalue weighted by Gasteiger charge is 2.31. The lowest BCUT2D eigenvalue weighted by molar-refractivity contribution is -0.274. The molecule has 1 amide bonds. The summed E-state index contributed by atoms with van der Waals surface area (Å²) in [5.41, 5.74) is -0.675. The summed E-state index contributed by atoms with van der Waals surface area (Å²) in [6, 6.07) is 4.54. The molecule has 0 aliphatic carbocycles. The van der Waals surface area contributed by atoms with Crippen molar-refractivity contribution in [2.45, 2.75) is 38.8 Å². The van der Waals surface area contributed by atoms with Crippen molar-refractivity contribution in [3.05, 3.63) is 29.8 Å². The van der Waals surface area contributed by atoms with Crippen LogP contribution in [0.4, 0.5) is 13.2 Å². The number of benzene rings is 1. The lowest BCUT2D eigenvalue weighted by Crippen LogP contribution is -2.50. The zero-order chi connectivity index (χ0) is 15.6. The van der Waals surface area contributed by atoms with Crippen LogP contribution in [0.5, 0.6) is 5.75 Å². The van der Waals surface area contributed by atoms with Gasteiger partial charge in [-0.1, -0.05) is 0 Å². The summed E-state index contributed by atoms with van der Waals surface area (Å²) < 4.78 is 39.7. The monoisotopic (exact) mass is 291 g/mol. The molecule has 4 nitrogen and oxygen atoms in total. The Morgan fingerprint density at radius 1 is 1.25 bits per heavy atom. The number of hydrogen-bond donors (Lipinski definition) is 2. The van der Waals surface area contributed by atoms with Gasteiger partial charge < -0.3 is 15.2 Å². The molecule has 20 heavy (non-hydrogen) atoms. The van der Waals surface area contributed by atoms with Crippen LogP contribution in [0.1, 0.15) is 31.1 Å². The Bertz CT molecular complexity index is 467. The predicted octanol–water partition coefficient (Wildman–Crippen LogP) is 2.47. The number of carbonyl (C=O) groups is 1. The molecular formula is C13H16F3NO3. The van der Waals surface area contributed by atoms with Crippen molar-refractivity contribution in [2.24, 2.45) is 0 Å². The first-order valence-electron chi connectivity index (χ1n) is 5.87. The summed E-state index contributed by atoms with van der Waals surface area (Å²) in [5, 5.41) is 12.1. The zero-order valence-corrected chi connectivity index (χ0v) is 11.3. The number of nitrogens with one attached hydrogen (secondary N) is 1. The fraction of sp³-hybridized carbons (Fsp3) is 0.462. The molecule has 0 saturated heterocycles. The molecular weight excluding hydrogens is 275 g/mol. The van der Waals surface area contributed by atoms with Crippen LogP contribution < -0.4 is 10.1 Å². The maximum Gasteiger partial charge on any atom is 0.573 e. The van der Waals surface area contributed by atoms with E-state index in [0.717, 1.165) is 12.1 Å². The minimum atomic E-state index is -4.77. The highest BCUT2D eigenvalue weighted by molar-refractivity contribution is 5.94. The van der Waals surface area contributed by atoms with Crippen LogP contribution in [0.15, 0.2) is 24.3 Å². The average Bonchev–Trinajstić information content (AvgIpc) is 2.26. The Kier molecular flexibility index (Phi) is 4.65. The van der Waals surface area contributed by atoms with Crippen LogP contribution in [-0.4, -0.2) is 29.0 Å². The molecule has 1 rings (SSSR count). The molecule has 2 N–H and O–H groups in total. The summed E-state index contributed by atoms with van der Waals surface area (Å²) in [4.78, 5) is 11.9. The Morgan fingerprint density at radius 2 is 1.75 bits per heavy atom. The molecule has 1 aromatic rings. The largest absolute Gasteiger partial charge is 0.573 e. The number of carbonyl (C=O) groups excluding carboxylic acids is 1. The summed E-state index contributed by atoms with van der Waals surface area (Å²) in [6.07, 6.45) is -5.54. The molecule has 1 atom stereocenters.